The van der Waals surface area contributed by atoms with E-state index in [4.69, 9.17) is 14.2 Å². The fourth-order valence-corrected chi connectivity index (χ4v) is 4.11. The zero-order valence-electron chi connectivity index (χ0n) is 22.0. The van der Waals surface area contributed by atoms with Crippen LogP contribution in [0.2, 0.25) is 0 Å². The lowest BCUT2D eigenvalue weighted by molar-refractivity contribution is -0.140. The van der Waals surface area contributed by atoms with E-state index in [1.54, 1.807) is 38.4 Å². The van der Waals surface area contributed by atoms with Crippen molar-refractivity contribution in [3.63, 3.8) is 0 Å². The first-order valence-corrected chi connectivity index (χ1v) is 12.4. The molecular formula is C30H36N2O5. The molecule has 0 aromatic heterocycles. The fraction of sp³-hybridized carbons (Fsp3) is 0.333. The van der Waals surface area contributed by atoms with Crippen LogP contribution in [0.1, 0.15) is 30.0 Å². The number of carbonyl (C=O) groups is 2. The number of hydrogen-bond acceptors (Lipinski definition) is 5. The minimum Gasteiger partial charge on any atom is -0.497 e. The molecule has 7 heteroatoms. The Labute approximate surface area is 219 Å². The molecule has 0 fully saturated rings. The Morgan fingerprint density at radius 2 is 1.49 bits per heavy atom. The van der Waals surface area contributed by atoms with Crippen molar-refractivity contribution < 1.29 is 23.8 Å². The first kappa shape index (κ1) is 27.6. The smallest absolute Gasteiger partial charge is 0.243 e. The van der Waals surface area contributed by atoms with Crippen LogP contribution in [0.15, 0.2) is 72.8 Å². The van der Waals surface area contributed by atoms with E-state index in [9.17, 15) is 9.59 Å². The molecule has 196 valence electrons. The molecule has 0 radical (unpaired) electrons. The molecular weight excluding hydrogens is 468 g/mol. The summed E-state index contributed by atoms with van der Waals surface area (Å²) in [6, 6.07) is 22.1. The molecule has 0 saturated carbocycles. The van der Waals surface area contributed by atoms with Crippen LogP contribution in [-0.2, 0) is 29.0 Å². The maximum Gasteiger partial charge on any atom is 0.243 e. The van der Waals surface area contributed by atoms with Crippen molar-refractivity contribution in [1.82, 2.24) is 10.2 Å². The van der Waals surface area contributed by atoms with Gasteiger partial charge in [0.05, 0.1) is 27.8 Å². The number of hydrogen-bond donors (Lipinski definition) is 1. The van der Waals surface area contributed by atoms with Crippen LogP contribution in [0.3, 0.4) is 0 Å². The Hall–Kier alpha value is -4.00. The summed E-state index contributed by atoms with van der Waals surface area (Å²) in [4.78, 5) is 28.9. The molecule has 3 rings (SSSR count). The molecule has 7 nitrogen and oxygen atoms in total. The molecule has 0 heterocycles. The summed E-state index contributed by atoms with van der Waals surface area (Å²) in [5.41, 5.74) is 2.66. The Kier molecular flexibility index (Phi) is 10.4. The van der Waals surface area contributed by atoms with Gasteiger partial charge in [0.2, 0.25) is 11.8 Å². The summed E-state index contributed by atoms with van der Waals surface area (Å²) in [7, 11) is 4.75. The van der Waals surface area contributed by atoms with Gasteiger partial charge in [-0.2, -0.15) is 0 Å². The Morgan fingerprint density at radius 3 is 2.11 bits per heavy atom. The molecule has 2 amide bonds. The van der Waals surface area contributed by atoms with Gasteiger partial charge in [0.1, 0.15) is 11.8 Å². The molecule has 1 N–H and O–H groups in total. The predicted molar refractivity (Wildman–Crippen MR) is 144 cm³/mol. The number of ether oxygens (including phenoxy) is 3. The van der Waals surface area contributed by atoms with Crippen LogP contribution in [0.25, 0.3) is 0 Å². The number of nitrogens with one attached hydrogen (secondary N) is 1. The topological polar surface area (TPSA) is 77.1 Å². The quantitative estimate of drug-likeness (QED) is 0.373. The van der Waals surface area contributed by atoms with E-state index < -0.39 is 6.04 Å². The van der Waals surface area contributed by atoms with Gasteiger partial charge in [0.25, 0.3) is 0 Å². The average molecular weight is 505 g/mol. The first-order valence-electron chi connectivity index (χ1n) is 12.4. The van der Waals surface area contributed by atoms with Crippen molar-refractivity contribution in [2.45, 2.75) is 38.8 Å². The standard InChI is InChI=1S/C30H36N2O5/c1-5-17-31-30(34)26(18-22-9-7-6-8-10-22)32(21-23-11-14-25(35-2)15-12-23)29(33)20-24-13-16-27(36-3)28(19-24)37-4/h6-16,19,26H,5,17-18,20-21H2,1-4H3,(H,31,34)/t26-/m0/s1. The van der Waals surface area contributed by atoms with Crippen molar-refractivity contribution in [2.75, 3.05) is 27.9 Å². The predicted octanol–water partition coefficient (Wildman–Crippen LogP) is 4.42. The number of nitrogens with zero attached hydrogens (tertiary/aromatic N) is 1. The molecule has 0 saturated heterocycles. The molecule has 3 aromatic rings. The van der Waals surface area contributed by atoms with Crippen molar-refractivity contribution in [3.05, 3.63) is 89.5 Å². The highest BCUT2D eigenvalue weighted by atomic mass is 16.5. The van der Waals surface area contributed by atoms with Gasteiger partial charge >= 0.3 is 0 Å². The maximum absolute atomic E-state index is 13.9. The molecule has 0 unspecified atom stereocenters. The highest BCUT2D eigenvalue weighted by Gasteiger charge is 2.30. The number of methoxy groups -OCH3 is 3. The molecule has 0 aliphatic rings. The van der Waals surface area contributed by atoms with E-state index in [2.05, 4.69) is 5.32 Å². The van der Waals surface area contributed by atoms with Gasteiger partial charge in [-0.25, -0.2) is 0 Å². The third-order valence-corrected chi connectivity index (χ3v) is 6.14. The number of amides is 2. The third kappa shape index (κ3) is 7.74. The second-order valence-electron chi connectivity index (χ2n) is 8.73. The summed E-state index contributed by atoms with van der Waals surface area (Å²) in [5, 5.41) is 3.00. The van der Waals surface area contributed by atoms with Crippen molar-refractivity contribution in [1.29, 1.82) is 0 Å². The Balaban J connectivity index is 1.96. The van der Waals surface area contributed by atoms with Gasteiger partial charge in [-0.1, -0.05) is 55.5 Å². The first-order chi connectivity index (χ1) is 18.0. The highest BCUT2D eigenvalue weighted by Crippen LogP contribution is 2.28. The molecule has 37 heavy (non-hydrogen) atoms. The lowest BCUT2D eigenvalue weighted by atomic mass is 10.0. The van der Waals surface area contributed by atoms with E-state index in [-0.39, 0.29) is 24.8 Å². The Morgan fingerprint density at radius 1 is 0.811 bits per heavy atom. The maximum atomic E-state index is 13.9. The summed E-state index contributed by atoms with van der Waals surface area (Å²) in [6.07, 6.45) is 1.33. The molecule has 0 spiro atoms. The minimum absolute atomic E-state index is 0.114. The van der Waals surface area contributed by atoms with Gasteiger partial charge in [-0.15, -0.1) is 0 Å². The molecule has 3 aromatic carbocycles. The minimum atomic E-state index is -0.677. The average Bonchev–Trinajstić information content (AvgIpc) is 2.94. The normalized spacial score (nSPS) is 11.4. The summed E-state index contributed by atoms with van der Waals surface area (Å²) in [6.45, 7) is 2.83. The number of benzene rings is 3. The lowest BCUT2D eigenvalue weighted by Gasteiger charge is -2.32. The van der Waals surface area contributed by atoms with E-state index in [0.717, 1.165) is 28.9 Å². The summed E-state index contributed by atoms with van der Waals surface area (Å²) >= 11 is 0. The van der Waals surface area contributed by atoms with Gasteiger partial charge < -0.3 is 24.4 Å². The van der Waals surface area contributed by atoms with E-state index in [1.807, 2.05) is 67.6 Å². The van der Waals surface area contributed by atoms with Gasteiger partial charge in [0, 0.05) is 19.5 Å². The third-order valence-electron chi connectivity index (χ3n) is 6.14. The largest absolute Gasteiger partial charge is 0.497 e. The molecule has 0 aliphatic heterocycles. The molecule has 0 bridgehead atoms. The van der Waals surface area contributed by atoms with Crippen LogP contribution in [-0.4, -0.2) is 50.6 Å². The lowest BCUT2D eigenvalue weighted by Crippen LogP contribution is -2.51. The van der Waals surface area contributed by atoms with Gasteiger partial charge in [-0.3, -0.25) is 9.59 Å². The van der Waals surface area contributed by atoms with Crippen LogP contribution >= 0.6 is 0 Å². The van der Waals surface area contributed by atoms with Crippen LogP contribution < -0.4 is 19.5 Å². The van der Waals surface area contributed by atoms with E-state index >= 15 is 0 Å². The zero-order chi connectivity index (χ0) is 26.6. The van der Waals surface area contributed by atoms with Crippen molar-refractivity contribution in [3.8, 4) is 17.2 Å². The van der Waals surface area contributed by atoms with Gasteiger partial charge in [-0.05, 0) is 47.4 Å². The fourth-order valence-electron chi connectivity index (χ4n) is 4.11. The zero-order valence-corrected chi connectivity index (χ0v) is 22.0. The van der Waals surface area contributed by atoms with Gasteiger partial charge in [0.15, 0.2) is 11.5 Å². The Bertz CT molecular complexity index is 1150. The van der Waals surface area contributed by atoms with Crippen molar-refractivity contribution in [2.24, 2.45) is 0 Å². The monoisotopic (exact) mass is 504 g/mol. The molecule has 1 atom stereocenters. The summed E-state index contributed by atoms with van der Waals surface area (Å²) < 4.78 is 16.0. The summed E-state index contributed by atoms with van der Waals surface area (Å²) in [5.74, 6) is 1.55. The van der Waals surface area contributed by atoms with Crippen LogP contribution in [0.4, 0.5) is 0 Å². The van der Waals surface area contributed by atoms with Crippen LogP contribution in [0.5, 0.6) is 17.2 Å². The van der Waals surface area contributed by atoms with E-state index in [0.29, 0.717) is 24.5 Å². The number of rotatable bonds is 13. The second-order valence-corrected chi connectivity index (χ2v) is 8.73. The second kappa shape index (κ2) is 13.9. The molecule has 0 aliphatic carbocycles. The van der Waals surface area contributed by atoms with E-state index in [1.165, 1.54) is 0 Å². The van der Waals surface area contributed by atoms with Crippen LogP contribution in [0, 0.1) is 0 Å². The van der Waals surface area contributed by atoms with Crippen molar-refractivity contribution >= 4 is 11.8 Å². The number of carbonyl (C=O) groups excluding carboxylic acids is 2. The highest BCUT2D eigenvalue weighted by molar-refractivity contribution is 5.88. The SMILES string of the molecule is CCCNC(=O)[C@H](Cc1ccccc1)N(Cc1ccc(OC)cc1)C(=O)Cc1ccc(OC)c(OC)c1.